The summed E-state index contributed by atoms with van der Waals surface area (Å²) in [5.74, 6) is -0.163. The minimum absolute atomic E-state index is 0.163. The summed E-state index contributed by atoms with van der Waals surface area (Å²) >= 11 is 15.5. The van der Waals surface area contributed by atoms with Crippen LogP contribution in [0.1, 0.15) is 24.2 Å². The first kappa shape index (κ1) is 22.4. The highest BCUT2D eigenvalue weighted by Gasteiger charge is 2.24. The van der Waals surface area contributed by atoms with Gasteiger partial charge in [0, 0.05) is 23.0 Å². The molecule has 0 radical (unpaired) electrons. The van der Waals surface area contributed by atoms with Crippen LogP contribution in [0.2, 0.25) is 10.0 Å². The molecular formula is C21H23Cl2N3OS2. The van der Waals surface area contributed by atoms with E-state index in [1.807, 2.05) is 18.4 Å². The molecule has 0 fully saturated rings. The second-order valence-corrected chi connectivity index (χ2v) is 9.11. The van der Waals surface area contributed by atoms with E-state index in [0.717, 1.165) is 34.7 Å². The Hall–Kier alpha value is -1.31. The number of thioether (sulfide) groups is 1. The first-order valence-electron chi connectivity index (χ1n) is 9.41. The largest absolute Gasteiger partial charge is 0.302 e. The number of carbonyl (C=O) groups is 1. The van der Waals surface area contributed by atoms with Gasteiger partial charge in [0.2, 0.25) is 0 Å². The van der Waals surface area contributed by atoms with E-state index in [0.29, 0.717) is 27.3 Å². The molecule has 1 amide bonds. The molecule has 2 aromatic carbocycles. The Morgan fingerprint density at radius 1 is 1.14 bits per heavy atom. The van der Waals surface area contributed by atoms with Crippen LogP contribution < -0.4 is 4.90 Å². The Balaban J connectivity index is 2.01. The van der Waals surface area contributed by atoms with E-state index in [1.165, 1.54) is 11.3 Å². The lowest BCUT2D eigenvalue weighted by Gasteiger charge is -2.25. The maximum absolute atomic E-state index is 13.4. The van der Waals surface area contributed by atoms with Crippen LogP contribution in [-0.4, -0.2) is 48.2 Å². The molecule has 0 saturated heterocycles. The summed E-state index contributed by atoms with van der Waals surface area (Å²) in [7, 11) is 0. The van der Waals surface area contributed by atoms with E-state index in [-0.39, 0.29) is 5.91 Å². The quantitative estimate of drug-likeness (QED) is 0.363. The monoisotopic (exact) mass is 467 g/mol. The number of hydrogen-bond donors (Lipinski definition) is 0. The number of amides is 1. The third-order valence-corrected chi connectivity index (χ3v) is 7.12. The van der Waals surface area contributed by atoms with E-state index in [2.05, 4.69) is 24.8 Å². The van der Waals surface area contributed by atoms with E-state index < -0.39 is 0 Å². The van der Waals surface area contributed by atoms with Crippen LogP contribution in [0.4, 0.5) is 5.13 Å². The van der Waals surface area contributed by atoms with Gasteiger partial charge in [-0.15, -0.1) is 11.8 Å². The summed E-state index contributed by atoms with van der Waals surface area (Å²) < 4.78 is 1.06. The first-order chi connectivity index (χ1) is 14.0. The highest BCUT2D eigenvalue weighted by Crippen LogP contribution is 2.35. The topological polar surface area (TPSA) is 36.4 Å². The maximum Gasteiger partial charge on any atom is 0.261 e. The van der Waals surface area contributed by atoms with Gasteiger partial charge >= 0.3 is 0 Å². The van der Waals surface area contributed by atoms with E-state index >= 15 is 0 Å². The zero-order valence-corrected chi connectivity index (χ0v) is 19.8. The minimum atomic E-state index is -0.163. The number of halogens is 2. The van der Waals surface area contributed by atoms with Crippen molar-refractivity contribution in [3.63, 3.8) is 0 Å². The molecule has 0 spiro atoms. The number of nitrogens with zero attached hydrogens (tertiary/aromatic N) is 3. The number of thiazole rings is 1. The van der Waals surface area contributed by atoms with Gasteiger partial charge in [-0.05, 0) is 49.7 Å². The average Bonchev–Trinajstić information content (AvgIpc) is 3.14. The van der Waals surface area contributed by atoms with Gasteiger partial charge in [0.05, 0.1) is 20.8 Å². The molecule has 0 aliphatic heterocycles. The van der Waals surface area contributed by atoms with Crippen molar-refractivity contribution >= 4 is 67.6 Å². The molecular weight excluding hydrogens is 445 g/mol. The molecule has 1 heterocycles. The second kappa shape index (κ2) is 10.1. The summed E-state index contributed by atoms with van der Waals surface area (Å²) in [4.78, 5) is 23.4. The van der Waals surface area contributed by atoms with Crippen molar-refractivity contribution in [3.05, 3.63) is 52.0 Å². The van der Waals surface area contributed by atoms with Gasteiger partial charge < -0.3 is 4.90 Å². The Morgan fingerprint density at radius 2 is 1.90 bits per heavy atom. The van der Waals surface area contributed by atoms with E-state index in [1.54, 1.807) is 34.9 Å². The lowest BCUT2D eigenvalue weighted by molar-refractivity contribution is 0.0984. The highest BCUT2D eigenvalue weighted by molar-refractivity contribution is 7.98. The molecule has 0 saturated carbocycles. The summed E-state index contributed by atoms with van der Waals surface area (Å²) in [5, 5.41) is 1.54. The predicted molar refractivity (Wildman–Crippen MR) is 127 cm³/mol. The molecule has 1 aromatic heterocycles. The van der Waals surface area contributed by atoms with Crippen LogP contribution in [0.15, 0.2) is 41.3 Å². The molecule has 0 unspecified atom stereocenters. The molecule has 8 heteroatoms. The van der Waals surface area contributed by atoms with Crippen LogP contribution in [0.5, 0.6) is 0 Å². The van der Waals surface area contributed by atoms with Crippen molar-refractivity contribution in [1.29, 1.82) is 0 Å². The van der Waals surface area contributed by atoms with Crippen molar-refractivity contribution in [2.45, 2.75) is 18.7 Å². The molecule has 3 rings (SSSR count). The first-order valence-corrected chi connectivity index (χ1v) is 12.2. The second-order valence-electron chi connectivity index (χ2n) is 6.41. The van der Waals surface area contributed by atoms with Crippen LogP contribution in [0.25, 0.3) is 10.2 Å². The van der Waals surface area contributed by atoms with Crippen molar-refractivity contribution in [2.75, 3.05) is 37.3 Å². The Kier molecular flexibility index (Phi) is 7.82. The molecule has 0 N–H and O–H groups in total. The average molecular weight is 468 g/mol. The summed E-state index contributed by atoms with van der Waals surface area (Å²) in [6, 6.07) is 11.1. The molecule has 0 bridgehead atoms. The maximum atomic E-state index is 13.4. The van der Waals surface area contributed by atoms with Gasteiger partial charge in [0.25, 0.3) is 5.91 Å². The highest BCUT2D eigenvalue weighted by atomic mass is 35.5. The molecule has 0 aliphatic rings. The molecule has 4 nitrogen and oxygen atoms in total. The molecule has 0 aliphatic carbocycles. The number of para-hydroxylation sites is 1. The normalized spacial score (nSPS) is 11.4. The number of hydrogen-bond acceptors (Lipinski definition) is 5. The molecule has 29 heavy (non-hydrogen) atoms. The number of aromatic nitrogens is 1. The number of carbonyl (C=O) groups excluding carboxylic acids is 1. The Morgan fingerprint density at radius 3 is 2.55 bits per heavy atom. The lowest BCUT2D eigenvalue weighted by Crippen LogP contribution is -2.39. The van der Waals surface area contributed by atoms with Crippen LogP contribution >= 0.6 is 46.3 Å². The van der Waals surface area contributed by atoms with E-state index in [4.69, 9.17) is 28.2 Å². The lowest BCUT2D eigenvalue weighted by atomic mass is 10.2. The standard InChI is InChI=1S/C21H23Cl2N3OS2/c1-4-25(5-2)11-12-26(20(27)15-10-9-14(22)13-16(15)23)21-24-19-17(28-3)7-6-8-18(19)29-21/h6-10,13H,4-5,11-12H2,1-3H3. The summed E-state index contributed by atoms with van der Waals surface area (Å²) in [5.41, 5.74) is 1.36. The number of anilines is 1. The van der Waals surface area contributed by atoms with Crippen LogP contribution in [0, 0.1) is 0 Å². The van der Waals surface area contributed by atoms with Crippen molar-refractivity contribution in [1.82, 2.24) is 9.88 Å². The number of fused-ring (bicyclic) bond motifs is 1. The molecule has 3 aromatic rings. The Labute approximate surface area is 189 Å². The Bertz CT molecular complexity index is 1000. The number of rotatable bonds is 8. The van der Waals surface area contributed by atoms with Crippen molar-refractivity contribution in [2.24, 2.45) is 0 Å². The fraction of sp³-hybridized carbons (Fsp3) is 0.333. The zero-order chi connectivity index (χ0) is 21.0. The number of benzene rings is 2. The SMILES string of the molecule is CCN(CC)CCN(C(=O)c1ccc(Cl)cc1Cl)c1nc2c(SC)cccc2s1. The molecule has 154 valence electrons. The van der Waals surface area contributed by atoms with Gasteiger partial charge in [-0.2, -0.15) is 0 Å². The third kappa shape index (κ3) is 5.06. The minimum Gasteiger partial charge on any atom is -0.302 e. The fourth-order valence-electron chi connectivity index (χ4n) is 3.07. The summed E-state index contributed by atoms with van der Waals surface area (Å²) in [6.07, 6.45) is 2.03. The van der Waals surface area contributed by atoms with Crippen molar-refractivity contribution in [3.8, 4) is 0 Å². The van der Waals surface area contributed by atoms with Gasteiger partial charge in [-0.1, -0.05) is 54.5 Å². The van der Waals surface area contributed by atoms with Crippen molar-refractivity contribution < 1.29 is 4.79 Å². The zero-order valence-electron chi connectivity index (χ0n) is 16.6. The molecule has 0 atom stereocenters. The predicted octanol–water partition coefficient (Wildman–Crippen LogP) is 6.31. The fourth-order valence-corrected chi connectivity index (χ4v) is 5.20. The summed E-state index contributed by atoms with van der Waals surface area (Å²) in [6.45, 7) is 7.39. The van der Waals surface area contributed by atoms with Crippen LogP contribution in [-0.2, 0) is 0 Å². The smallest absolute Gasteiger partial charge is 0.261 e. The van der Waals surface area contributed by atoms with Gasteiger partial charge in [-0.25, -0.2) is 4.98 Å². The van der Waals surface area contributed by atoms with E-state index in [9.17, 15) is 4.79 Å². The van der Waals surface area contributed by atoms with Gasteiger partial charge in [0.15, 0.2) is 5.13 Å². The van der Waals surface area contributed by atoms with Gasteiger partial charge in [0.1, 0.15) is 0 Å². The van der Waals surface area contributed by atoms with Gasteiger partial charge in [-0.3, -0.25) is 9.69 Å². The third-order valence-electron chi connectivity index (χ3n) is 4.76. The van der Waals surface area contributed by atoms with Crippen LogP contribution in [0.3, 0.4) is 0 Å². The number of likely N-dealkylation sites (N-methyl/N-ethyl adjacent to an activating group) is 1.